The second kappa shape index (κ2) is 12.5. The predicted octanol–water partition coefficient (Wildman–Crippen LogP) is 9.85. The van der Waals surface area contributed by atoms with Gasteiger partial charge in [0.25, 0.3) is 5.91 Å². The summed E-state index contributed by atoms with van der Waals surface area (Å²) in [6, 6.07) is 48.8. The molecule has 7 aromatic rings. The van der Waals surface area contributed by atoms with Gasteiger partial charge in [-0.15, -0.1) is 0 Å². The van der Waals surface area contributed by atoms with Crippen molar-refractivity contribution < 1.29 is 9.90 Å². The number of rotatable bonds is 4. The maximum atomic E-state index is 14.2. The Morgan fingerprint density at radius 3 is 1.30 bits per heavy atom. The molecule has 1 atom stereocenters. The highest BCUT2D eigenvalue weighted by molar-refractivity contribution is 6.33. The molecule has 0 saturated heterocycles. The smallest absolute Gasteiger partial charge is 0.258 e. The van der Waals surface area contributed by atoms with Crippen LogP contribution in [0.15, 0.2) is 146 Å². The number of aliphatic hydroxyl groups is 1. The lowest BCUT2D eigenvalue weighted by atomic mass is 9.96. The Kier molecular flexibility index (Phi) is 7.35. The summed E-state index contributed by atoms with van der Waals surface area (Å²) in [5.74, 6) is -0.284. The highest BCUT2D eigenvalue weighted by Gasteiger charge is 2.44. The monoisotopic (exact) mass is 699 g/mol. The van der Waals surface area contributed by atoms with E-state index in [0.29, 0.717) is 22.5 Å². The van der Waals surface area contributed by atoms with Crippen LogP contribution in [0.5, 0.6) is 0 Å². The number of carbonyl (C=O) groups is 1. The van der Waals surface area contributed by atoms with E-state index in [2.05, 4.69) is 64.6 Å². The summed E-state index contributed by atoms with van der Waals surface area (Å²) >= 11 is 0. The molecule has 7 heteroatoms. The summed E-state index contributed by atoms with van der Waals surface area (Å²) in [5, 5.41) is 11.8. The van der Waals surface area contributed by atoms with Crippen LogP contribution in [0.25, 0.3) is 89.9 Å². The number of aromatic nitrogens is 4. The van der Waals surface area contributed by atoms with E-state index in [4.69, 9.17) is 9.97 Å². The number of hydrogen-bond acceptors (Lipinski definition) is 4. The number of aliphatic hydroxyl groups excluding tert-OH is 1. The summed E-state index contributed by atoms with van der Waals surface area (Å²) in [4.78, 5) is 33.9. The standard InChI is InChI=1S/C47H33N5O2/c1-52-46(53)42-43(47(52)54)45-41(31-20-12-5-13-21-31)37-27-25-35(50-37)39(29-16-8-3-9-17-29)33-23-22-32(48-33)38(28-14-6-2-7-15-28)34-24-26-36(49-34)40(44(42)51-45)30-18-10-4-11-19-30/h2-27,46,49-50,53H,1H3. The average Bonchev–Trinajstić information content (AvgIpc) is 4.07. The van der Waals surface area contributed by atoms with Gasteiger partial charge in [-0.3, -0.25) is 4.79 Å². The van der Waals surface area contributed by atoms with Crippen molar-refractivity contribution in [2.45, 2.75) is 6.23 Å². The van der Waals surface area contributed by atoms with Crippen molar-refractivity contribution >= 4 is 51.3 Å². The number of H-pyrrole nitrogens is 2. The molecule has 0 saturated carbocycles. The lowest BCUT2D eigenvalue weighted by Gasteiger charge is -2.18. The first-order valence-corrected chi connectivity index (χ1v) is 17.9. The molecule has 0 spiro atoms. The molecule has 0 radical (unpaired) electrons. The molecule has 0 aliphatic carbocycles. The molecule has 1 amide bonds. The molecule has 1 unspecified atom stereocenters. The summed E-state index contributed by atoms with van der Waals surface area (Å²) in [7, 11) is 1.64. The summed E-state index contributed by atoms with van der Waals surface area (Å²) < 4.78 is 0. The third-order valence-corrected chi connectivity index (χ3v) is 10.5. The lowest BCUT2D eigenvalue weighted by molar-refractivity contribution is -0.127. The largest absolute Gasteiger partial charge is 0.369 e. The minimum atomic E-state index is -1.19. The third kappa shape index (κ3) is 4.98. The maximum absolute atomic E-state index is 14.2. The van der Waals surface area contributed by atoms with Crippen molar-refractivity contribution in [3.63, 3.8) is 0 Å². The van der Waals surface area contributed by atoms with Gasteiger partial charge in [0.15, 0.2) is 6.23 Å². The second-order valence-corrected chi connectivity index (χ2v) is 13.6. The number of likely N-dealkylation sites (N-methyl/N-ethyl adjacent to an activating group) is 1. The van der Waals surface area contributed by atoms with Crippen LogP contribution in [0.1, 0.15) is 22.8 Å². The summed E-state index contributed by atoms with van der Waals surface area (Å²) in [5.41, 5.74) is 14.1. The van der Waals surface area contributed by atoms with Gasteiger partial charge in [0.05, 0.1) is 28.3 Å². The Labute approximate surface area is 311 Å². The Morgan fingerprint density at radius 1 is 0.500 bits per heavy atom. The van der Waals surface area contributed by atoms with Crippen molar-refractivity contribution in [2.75, 3.05) is 7.05 Å². The van der Waals surface area contributed by atoms with E-state index in [1.807, 2.05) is 103 Å². The van der Waals surface area contributed by atoms with Gasteiger partial charge in [0, 0.05) is 56.9 Å². The highest BCUT2D eigenvalue weighted by atomic mass is 16.3. The number of hydrogen-bond donors (Lipinski definition) is 3. The fourth-order valence-electron chi connectivity index (χ4n) is 7.95. The van der Waals surface area contributed by atoms with E-state index in [1.54, 1.807) is 7.05 Å². The third-order valence-electron chi connectivity index (χ3n) is 10.5. The predicted molar refractivity (Wildman–Crippen MR) is 217 cm³/mol. The minimum absolute atomic E-state index is 0.284. The Bertz CT molecular complexity index is 2860. The van der Waals surface area contributed by atoms with E-state index < -0.39 is 6.23 Å². The molecule has 4 aromatic carbocycles. The zero-order valence-electron chi connectivity index (χ0n) is 29.3. The van der Waals surface area contributed by atoms with Crippen molar-refractivity contribution in [3.05, 3.63) is 168 Å². The Balaban J connectivity index is 1.46. The highest BCUT2D eigenvalue weighted by Crippen LogP contribution is 2.47. The lowest BCUT2D eigenvalue weighted by Crippen LogP contribution is -2.31. The number of amides is 1. The first kappa shape index (κ1) is 31.6. The van der Waals surface area contributed by atoms with Gasteiger partial charge in [0.2, 0.25) is 0 Å². The van der Waals surface area contributed by atoms with Crippen LogP contribution in [-0.2, 0) is 4.79 Å². The number of aromatic amines is 2. The molecule has 6 heterocycles. The molecular formula is C47H33N5O2. The summed E-state index contributed by atoms with van der Waals surface area (Å²) in [6.45, 7) is 0. The van der Waals surface area contributed by atoms with Crippen LogP contribution in [0.3, 0.4) is 0 Å². The summed E-state index contributed by atoms with van der Waals surface area (Å²) in [6.07, 6.45) is 2.98. The first-order chi connectivity index (χ1) is 26.5. The first-order valence-electron chi connectivity index (χ1n) is 17.9. The van der Waals surface area contributed by atoms with Crippen LogP contribution in [0.4, 0.5) is 0 Å². The number of carbonyl (C=O) groups excluding carboxylic acids is 1. The number of nitrogens with one attached hydrogen (secondary N) is 2. The quantitative estimate of drug-likeness (QED) is 0.170. The van der Waals surface area contributed by atoms with E-state index in [0.717, 1.165) is 78.0 Å². The molecule has 10 rings (SSSR count). The van der Waals surface area contributed by atoms with Crippen molar-refractivity contribution in [1.82, 2.24) is 24.8 Å². The van der Waals surface area contributed by atoms with E-state index in [-0.39, 0.29) is 5.91 Å². The van der Waals surface area contributed by atoms with Crippen LogP contribution < -0.4 is 0 Å². The van der Waals surface area contributed by atoms with Crippen LogP contribution in [-0.4, -0.2) is 49.1 Å². The molecule has 0 fully saturated rings. The normalized spacial score (nSPS) is 14.9. The fraction of sp³-hybridized carbons (Fsp3) is 0.0426. The van der Waals surface area contributed by atoms with Gasteiger partial charge < -0.3 is 20.0 Å². The van der Waals surface area contributed by atoms with E-state index in [9.17, 15) is 9.90 Å². The number of nitrogens with zero attached hydrogens (tertiary/aromatic N) is 3. The molecule has 7 nitrogen and oxygen atoms in total. The zero-order valence-corrected chi connectivity index (χ0v) is 29.3. The Hall–Kier alpha value is -7.09. The zero-order chi connectivity index (χ0) is 36.3. The SMILES string of the molecule is CN1C(=O)C2=C(c3nc2c(-c2ccccc2)c2ccc([nH]2)c(-c2ccccc2)c2nc(c(-c4ccccc4)c4ccc([nH]4)c3-c3ccccc3)C=C2)C1O. The second-order valence-electron chi connectivity index (χ2n) is 13.6. The molecule has 3 aliphatic heterocycles. The molecule has 3 aliphatic rings. The number of fused-ring (bicyclic) bond motifs is 10. The minimum Gasteiger partial charge on any atom is -0.369 e. The molecule has 54 heavy (non-hydrogen) atoms. The van der Waals surface area contributed by atoms with Gasteiger partial charge >= 0.3 is 0 Å². The van der Waals surface area contributed by atoms with Crippen LogP contribution in [0.2, 0.25) is 0 Å². The van der Waals surface area contributed by atoms with Crippen LogP contribution in [0, 0.1) is 0 Å². The van der Waals surface area contributed by atoms with Gasteiger partial charge in [0.1, 0.15) is 0 Å². The Morgan fingerprint density at radius 2 is 0.870 bits per heavy atom. The van der Waals surface area contributed by atoms with Gasteiger partial charge in [-0.2, -0.15) is 0 Å². The molecule has 3 N–H and O–H groups in total. The molecule has 3 aromatic heterocycles. The maximum Gasteiger partial charge on any atom is 0.258 e. The van der Waals surface area contributed by atoms with Gasteiger partial charge in [-0.05, 0) is 58.7 Å². The van der Waals surface area contributed by atoms with Crippen LogP contribution >= 0.6 is 0 Å². The topological polar surface area (TPSA) is 97.9 Å². The van der Waals surface area contributed by atoms with Crippen molar-refractivity contribution in [2.24, 2.45) is 0 Å². The van der Waals surface area contributed by atoms with Gasteiger partial charge in [-0.25, -0.2) is 9.97 Å². The van der Waals surface area contributed by atoms with Crippen molar-refractivity contribution in [1.29, 1.82) is 0 Å². The molecule has 258 valence electrons. The van der Waals surface area contributed by atoms with Gasteiger partial charge in [-0.1, -0.05) is 121 Å². The van der Waals surface area contributed by atoms with E-state index in [1.165, 1.54) is 4.90 Å². The molecule has 8 bridgehead atoms. The number of benzene rings is 4. The van der Waals surface area contributed by atoms with E-state index >= 15 is 0 Å². The van der Waals surface area contributed by atoms with Crippen molar-refractivity contribution in [3.8, 4) is 44.5 Å². The molecular weight excluding hydrogens is 667 g/mol. The average molecular weight is 700 g/mol. The fourth-order valence-corrected chi connectivity index (χ4v) is 7.95.